The fraction of sp³-hybridized carbons (Fsp3) is 0.320. The Morgan fingerprint density at radius 2 is 1.92 bits per heavy atom. The average Bonchev–Trinajstić information content (AvgIpc) is 3.05. The number of aliphatic hydroxyl groups excluding tert-OH is 2. The van der Waals surface area contributed by atoms with Crippen LogP contribution in [0.5, 0.6) is 5.88 Å². The second-order valence-electron chi connectivity index (χ2n) is 8.48. The number of nitrogens with zero attached hydrogens (tertiary/aromatic N) is 4. The third-order valence-electron chi connectivity index (χ3n) is 5.72. The van der Waals surface area contributed by atoms with Gasteiger partial charge in [-0.2, -0.15) is 18.2 Å². The summed E-state index contributed by atoms with van der Waals surface area (Å²) >= 11 is 0. The fourth-order valence-corrected chi connectivity index (χ4v) is 3.82. The molecule has 0 fully saturated rings. The molecule has 9 nitrogen and oxygen atoms in total. The number of carbonyl (C=O) groups excluding carboxylic acids is 1. The highest BCUT2D eigenvalue weighted by Crippen LogP contribution is 2.35. The summed E-state index contributed by atoms with van der Waals surface area (Å²) in [5.41, 5.74) is 0.454. The van der Waals surface area contributed by atoms with Gasteiger partial charge >= 0.3 is 12.2 Å². The molecule has 3 N–H and O–H groups in total. The first-order chi connectivity index (χ1) is 17.7. The van der Waals surface area contributed by atoms with Gasteiger partial charge in [0.1, 0.15) is 18.5 Å². The van der Waals surface area contributed by atoms with E-state index in [1.54, 1.807) is 30.3 Å². The number of alkyl halides is 3. The van der Waals surface area contributed by atoms with Crippen molar-refractivity contribution in [2.45, 2.75) is 18.7 Å². The van der Waals surface area contributed by atoms with Gasteiger partial charge in [-0.3, -0.25) is 10.2 Å². The van der Waals surface area contributed by atoms with Crippen molar-refractivity contribution < 1.29 is 32.9 Å². The predicted octanol–water partition coefficient (Wildman–Crippen LogP) is 3.77. The van der Waals surface area contributed by atoms with Crippen molar-refractivity contribution >= 4 is 23.4 Å². The van der Waals surface area contributed by atoms with Crippen LogP contribution in [-0.2, 0) is 6.18 Å². The molecule has 3 heterocycles. The zero-order chi connectivity index (χ0) is 26.6. The van der Waals surface area contributed by atoms with Crippen LogP contribution in [0.25, 0.3) is 11.3 Å². The summed E-state index contributed by atoms with van der Waals surface area (Å²) in [5, 5.41) is 21.1. The van der Waals surface area contributed by atoms with Crippen molar-refractivity contribution in [1.82, 2.24) is 9.97 Å². The van der Waals surface area contributed by atoms with Gasteiger partial charge in [0.15, 0.2) is 5.82 Å². The molecule has 0 spiro atoms. The van der Waals surface area contributed by atoms with Crippen LogP contribution in [0.1, 0.15) is 12.0 Å². The lowest BCUT2D eigenvalue weighted by molar-refractivity contribution is -0.137. The topological polar surface area (TPSA) is 111 Å². The third-order valence-corrected chi connectivity index (χ3v) is 5.72. The van der Waals surface area contributed by atoms with Gasteiger partial charge in [0.2, 0.25) is 5.88 Å². The predicted molar refractivity (Wildman–Crippen MR) is 132 cm³/mol. The summed E-state index contributed by atoms with van der Waals surface area (Å²) in [4.78, 5) is 25.5. The normalized spacial score (nSPS) is 14.5. The molecule has 196 valence electrons. The van der Waals surface area contributed by atoms with Gasteiger partial charge < -0.3 is 19.8 Å². The largest absolute Gasteiger partial charge is 0.475 e. The van der Waals surface area contributed by atoms with Gasteiger partial charge in [-0.1, -0.05) is 18.2 Å². The van der Waals surface area contributed by atoms with E-state index in [1.165, 1.54) is 17.0 Å². The third kappa shape index (κ3) is 6.27. The molecule has 4 rings (SSSR count). The first-order valence-corrected chi connectivity index (χ1v) is 11.5. The number of carbonyl (C=O) groups is 1. The minimum absolute atomic E-state index is 0.145. The van der Waals surface area contributed by atoms with Gasteiger partial charge in [-0.25, -0.2) is 9.78 Å². The number of ether oxygens (including phenoxy) is 1. The fourth-order valence-electron chi connectivity index (χ4n) is 3.82. The zero-order valence-electron chi connectivity index (χ0n) is 19.9. The summed E-state index contributed by atoms with van der Waals surface area (Å²) in [5.74, 6) is 0.645. The summed E-state index contributed by atoms with van der Waals surface area (Å²) in [6.07, 6.45) is -4.92. The number of amides is 2. The van der Waals surface area contributed by atoms with Crippen molar-refractivity contribution in [3.63, 3.8) is 0 Å². The smallest absolute Gasteiger partial charge is 0.416 e. The maximum absolute atomic E-state index is 13.3. The Labute approximate surface area is 211 Å². The Kier molecular flexibility index (Phi) is 7.79. The molecule has 1 aliphatic rings. The molecule has 3 aromatic rings. The van der Waals surface area contributed by atoms with Gasteiger partial charge in [0.25, 0.3) is 0 Å². The van der Waals surface area contributed by atoms with E-state index >= 15 is 0 Å². The molecule has 0 aliphatic carbocycles. The molecule has 12 heteroatoms. The van der Waals surface area contributed by atoms with Crippen LogP contribution in [0.15, 0.2) is 54.6 Å². The molecule has 1 aliphatic heterocycles. The van der Waals surface area contributed by atoms with E-state index in [0.29, 0.717) is 36.7 Å². The van der Waals surface area contributed by atoms with Crippen molar-refractivity contribution in [3.05, 3.63) is 60.2 Å². The number of halogens is 3. The molecule has 2 amide bonds. The molecule has 2 aromatic heterocycles. The minimum Gasteiger partial charge on any atom is -0.475 e. The summed E-state index contributed by atoms with van der Waals surface area (Å²) in [6.45, 7) is 0.334. The molecular formula is C25H26F3N5O4. The molecule has 0 bridgehead atoms. The van der Waals surface area contributed by atoms with Crippen LogP contribution in [0.2, 0.25) is 0 Å². The highest BCUT2D eigenvalue weighted by Gasteiger charge is 2.31. The molecule has 0 unspecified atom stereocenters. The molecule has 1 aromatic carbocycles. The summed E-state index contributed by atoms with van der Waals surface area (Å²) in [6, 6.07) is 12.4. The first-order valence-electron chi connectivity index (χ1n) is 11.5. The van der Waals surface area contributed by atoms with E-state index in [2.05, 4.69) is 15.3 Å². The molecule has 0 saturated heterocycles. The van der Waals surface area contributed by atoms with Crippen molar-refractivity contribution in [2.24, 2.45) is 0 Å². The maximum Gasteiger partial charge on any atom is 0.416 e. The lowest BCUT2D eigenvalue weighted by atomic mass is 10.1. The summed E-state index contributed by atoms with van der Waals surface area (Å²) < 4.78 is 45.1. The zero-order valence-corrected chi connectivity index (χ0v) is 19.9. The van der Waals surface area contributed by atoms with E-state index in [1.807, 2.05) is 11.9 Å². The first kappa shape index (κ1) is 26.2. The standard InChI is InChI=1S/C25H26F3N5O4/c1-32-11-4-12-33(24(36)31-21-7-3-8-22(30-21)37-15-18(35)14-34)23-20(32)10-9-19(29-23)16-5-2-6-17(13-16)25(26,27)28/h2-3,5-10,13,18,34-35H,4,11-12,14-15H2,1H3,(H,30,31,36)/t18-/m1/s1. The quantitative estimate of drug-likeness (QED) is 0.457. The van der Waals surface area contributed by atoms with Crippen molar-refractivity contribution in [1.29, 1.82) is 0 Å². The molecule has 1 atom stereocenters. The number of rotatable bonds is 6. The Morgan fingerprint density at radius 1 is 1.14 bits per heavy atom. The highest BCUT2D eigenvalue weighted by molar-refractivity contribution is 6.03. The van der Waals surface area contributed by atoms with E-state index in [9.17, 15) is 23.1 Å². The van der Waals surface area contributed by atoms with E-state index in [4.69, 9.17) is 9.84 Å². The average molecular weight is 518 g/mol. The van der Waals surface area contributed by atoms with Crippen molar-refractivity contribution in [3.8, 4) is 17.1 Å². The Morgan fingerprint density at radius 3 is 2.68 bits per heavy atom. The minimum atomic E-state index is -4.49. The number of urea groups is 1. The molecular weight excluding hydrogens is 491 g/mol. The number of aliphatic hydroxyl groups is 2. The van der Waals surface area contributed by atoms with Crippen LogP contribution >= 0.6 is 0 Å². The number of hydrogen-bond donors (Lipinski definition) is 3. The number of pyridine rings is 2. The van der Waals surface area contributed by atoms with Gasteiger partial charge in [0, 0.05) is 31.8 Å². The Bertz CT molecular complexity index is 1260. The molecule has 0 radical (unpaired) electrons. The van der Waals surface area contributed by atoms with Gasteiger partial charge in [-0.05, 0) is 36.8 Å². The Balaban J connectivity index is 1.61. The van der Waals surface area contributed by atoms with E-state index in [0.717, 1.165) is 12.1 Å². The van der Waals surface area contributed by atoms with Crippen LogP contribution in [0, 0.1) is 0 Å². The number of hydrogen-bond acceptors (Lipinski definition) is 7. The van der Waals surface area contributed by atoms with Crippen LogP contribution < -0.4 is 19.9 Å². The summed E-state index contributed by atoms with van der Waals surface area (Å²) in [7, 11) is 1.86. The van der Waals surface area contributed by atoms with Crippen molar-refractivity contribution in [2.75, 3.05) is 48.5 Å². The lowest BCUT2D eigenvalue weighted by Crippen LogP contribution is -2.36. The number of benzene rings is 1. The second-order valence-corrected chi connectivity index (χ2v) is 8.48. The number of fused-ring (bicyclic) bond motifs is 1. The maximum atomic E-state index is 13.3. The number of nitrogens with one attached hydrogen (secondary N) is 1. The van der Waals surface area contributed by atoms with E-state index < -0.39 is 30.5 Å². The van der Waals surface area contributed by atoms with Crippen LogP contribution in [-0.4, -0.2) is 65.7 Å². The second kappa shape index (κ2) is 11.0. The monoisotopic (exact) mass is 517 g/mol. The SMILES string of the molecule is CN1CCCN(C(=O)Nc2cccc(OC[C@H](O)CO)n2)c2nc(-c3cccc(C(F)(F)F)c3)ccc21. The van der Waals surface area contributed by atoms with Crippen LogP contribution in [0.4, 0.5) is 35.3 Å². The highest BCUT2D eigenvalue weighted by atomic mass is 19.4. The van der Waals surface area contributed by atoms with Gasteiger partial charge in [-0.15, -0.1) is 0 Å². The molecule has 37 heavy (non-hydrogen) atoms. The lowest BCUT2D eigenvalue weighted by Gasteiger charge is -2.24. The van der Waals surface area contributed by atoms with E-state index in [-0.39, 0.29) is 23.9 Å². The van der Waals surface area contributed by atoms with Gasteiger partial charge in [0.05, 0.1) is 23.6 Å². The number of aromatic nitrogens is 2. The molecule has 0 saturated carbocycles. The Hall–Kier alpha value is -3.90. The van der Waals surface area contributed by atoms with Crippen LogP contribution in [0.3, 0.4) is 0 Å². The number of anilines is 3.